The summed E-state index contributed by atoms with van der Waals surface area (Å²) in [5.74, 6) is -0.386. The number of thiocarbonyl (C=S) groups is 1. The van der Waals surface area contributed by atoms with Crippen molar-refractivity contribution in [2.45, 2.75) is 13.8 Å². The summed E-state index contributed by atoms with van der Waals surface area (Å²) >= 11 is 6.34. The summed E-state index contributed by atoms with van der Waals surface area (Å²) in [6.45, 7) is 3.39. The highest BCUT2D eigenvalue weighted by Gasteiger charge is 2.33. The van der Waals surface area contributed by atoms with Crippen LogP contribution in [0, 0.1) is 6.92 Å². The second-order valence-corrected chi connectivity index (χ2v) is 5.64. The second-order valence-electron chi connectivity index (χ2n) is 3.96. The van der Waals surface area contributed by atoms with Crippen molar-refractivity contribution in [3.05, 3.63) is 40.8 Å². The van der Waals surface area contributed by atoms with Crippen LogP contribution in [0.1, 0.15) is 12.5 Å². The van der Waals surface area contributed by atoms with Gasteiger partial charge < -0.3 is 0 Å². The second kappa shape index (κ2) is 5.04. The molecular formula is C13H11NO2S2. The fourth-order valence-electron chi connectivity index (χ4n) is 1.57. The molecule has 1 heterocycles. The summed E-state index contributed by atoms with van der Waals surface area (Å²) in [5, 5.41) is 0. The van der Waals surface area contributed by atoms with E-state index in [9.17, 15) is 9.59 Å². The van der Waals surface area contributed by atoms with Crippen molar-refractivity contribution in [3.63, 3.8) is 0 Å². The molecule has 0 unspecified atom stereocenters. The molecule has 18 heavy (non-hydrogen) atoms. The van der Waals surface area contributed by atoms with Gasteiger partial charge in [-0.2, -0.15) is 0 Å². The van der Waals surface area contributed by atoms with E-state index in [0.717, 1.165) is 23.0 Å². The van der Waals surface area contributed by atoms with Crippen molar-refractivity contribution < 1.29 is 9.59 Å². The lowest BCUT2D eigenvalue weighted by Crippen LogP contribution is -2.27. The Labute approximate surface area is 115 Å². The van der Waals surface area contributed by atoms with E-state index >= 15 is 0 Å². The quantitative estimate of drug-likeness (QED) is 0.615. The average Bonchev–Trinajstić information content (AvgIpc) is 2.55. The van der Waals surface area contributed by atoms with Crippen LogP contribution >= 0.6 is 24.0 Å². The molecule has 5 heteroatoms. The van der Waals surface area contributed by atoms with Gasteiger partial charge >= 0.3 is 0 Å². The van der Waals surface area contributed by atoms with Crippen molar-refractivity contribution >= 4 is 45.7 Å². The lowest BCUT2D eigenvalue weighted by atomic mass is 10.2. The smallest absolute Gasteiger partial charge is 0.270 e. The Hall–Kier alpha value is -1.46. The predicted octanol–water partition coefficient (Wildman–Crippen LogP) is 2.83. The van der Waals surface area contributed by atoms with Gasteiger partial charge in [0.05, 0.1) is 10.6 Å². The summed E-state index contributed by atoms with van der Waals surface area (Å²) in [4.78, 5) is 25.0. The summed E-state index contributed by atoms with van der Waals surface area (Å²) in [6, 6.07) is 7.53. The van der Waals surface area contributed by atoms with Gasteiger partial charge in [-0.15, -0.1) is 0 Å². The average molecular weight is 277 g/mol. The molecule has 0 spiro atoms. The van der Waals surface area contributed by atoms with Crippen LogP contribution in [-0.4, -0.2) is 16.0 Å². The Morgan fingerprint density at radius 1 is 1.33 bits per heavy atom. The Morgan fingerprint density at radius 2 is 1.94 bits per heavy atom. The highest BCUT2D eigenvalue weighted by Crippen LogP contribution is 2.34. The molecule has 0 radical (unpaired) electrons. The Balaban J connectivity index is 2.35. The third-order valence-electron chi connectivity index (χ3n) is 2.42. The van der Waals surface area contributed by atoms with Crippen LogP contribution in [0.3, 0.4) is 0 Å². The van der Waals surface area contributed by atoms with Gasteiger partial charge in [0.25, 0.3) is 5.91 Å². The highest BCUT2D eigenvalue weighted by atomic mass is 32.2. The number of carbonyl (C=O) groups is 2. The van der Waals surface area contributed by atoms with E-state index in [1.54, 1.807) is 0 Å². The summed E-state index contributed by atoms with van der Waals surface area (Å²) < 4.78 is 0.455. The van der Waals surface area contributed by atoms with Gasteiger partial charge in [0.1, 0.15) is 0 Å². The molecule has 0 bridgehead atoms. The van der Waals surface area contributed by atoms with Crippen LogP contribution in [0.5, 0.6) is 0 Å². The van der Waals surface area contributed by atoms with Crippen molar-refractivity contribution in [2.24, 2.45) is 0 Å². The van der Waals surface area contributed by atoms with E-state index in [-0.39, 0.29) is 11.7 Å². The molecule has 0 aromatic heterocycles. The van der Waals surface area contributed by atoms with Gasteiger partial charge in [-0.1, -0.05) is 41.7 Å². The number of benzene rings is 1. The summed E-state index contributed by atoms with van der Waals surface area (Å²) in [6.07, 6.45) is 1.33. The fourth-order valence-corrected chi connectivity index (χ4v) is 2.90. The minimum Gasteiger partial charge on any atom is -0.295 e. The van der Waals surface area contributed by atoms with Crippen molar-refractivity contribution in [1.29, 1.82) is 0 Å². The van der Waals surface area contributed by atoms with E-state index in [2.05, 4.69) is 0 Å². The van der Waals surface area contributed by atoms with Crippen LogP contribution in [0.15, 0.2) is 35.2 Å². The first-order valence-electron chi connectivity index (χ1n) is 5.34. The number of nitrogens with zero attached hydrogens (tertiary/aromatic N) is 1. The maximum Gasteiger partial charge on any atom is 0.270 e. The van der Waals surface area contributed by atoms with E-state index in [1.807, 2.05) is 31.2 Å². The van der Waals surface area contributed by atoms with E-state index in [0.29, 0.717) is 9.23 Å². The first kappa shape index (κ1) is 13.0. The molecule has 1 amide bonds. The zero-order chi connectivity index (χ0) is 13.3. The van der Waals surface area contributed by atoms with Gasteiger partial charge in [-0.25, -0.2) is 0 Å². The van der Waals surface area contributed by atoms with Gasteiger partial charge in [-0.05, 0) is 26.0 Å². The molecule has 0 atom stereocenters. The zero-order valence-corrected chi connectivity index (χ0v) is 11.6. The SMILES string of the molecule is CC(=O)/C=C1/SC(=S)N(c2ccc(C)cc2)C1=O. The monoisotopic (exact) mass is 277 g/mol. The van der Waals surface area contributed by atoms with Gasteiger partial charge in [0, 0.05) is 6.08 Å². The molecule has 1 aliphatic heterocycles. The van der Waals surface area contributed by atoms with Gasteiger partial charge in [-0.3, -0.25) is 14.5 Å². The van der Waals surface area contributed by atoms with Crippen LogP contribution in [0.25, 0.3) is 0 Å². The summed E-state index contributed by atoms with van der Waals surface area (Å²) in [7, 11) is 0. The third-order valence-corrected chi connectivity index (χ3v) is 3.72. The number of aryl methyl sites for hydroxylation is 1. The van der Waals surface area contributed by atoms with Crippen molar-refractivity contribution in [2.75, 3.05) is 4.90 Å². The number of rotatable bonds is 2. The maximum atomic E-state index is 12.1. The first-order chi connectivity index (χ1) is 8.49. The van der Waals surface area contributed by atoms with Crippen LogP contribution in [-0.2, 0) is 9.59 Å². The number of hydrogen-bond acceptors (Lipinski definition) is 4. The molecule has 1 aromatic carbocycles. The van der Waals surface area contributed by atoms with Gasteiger partial charge in [0.15, 0.2) is 10.1 Å². The van der Waals surface area contributed by atoms with Crippen LogP contribution < -0.4 is 4.90 Å². The molecule has 0 N–H and O–H groups in total. The van der Waals surface area contributed by atoms with Crippen molar-refractivity contribution in [1.82, 2.24) is 0 Å². The molecule has 2 rings (SSSR count). The number of anilines is 1. The number of thioether (sulfide) groups is 1. The first-order valence-corrected chi connectivity index (χ1v) is 6.56. The number of carbonyl (C=O) groups excluding carboxylic acids is 2. The fraction of sp³-hybridized carbons (Fsp3) is 0.154. The lowest BCUT2D eigenvalue weighted by Gasteiger charge is -2.14. The van der Waals surface area contributed by atoms with Crippen molar-refractivity contribution in [3.8, 4) is 0 Å². The largest absolute Gasteiger partial charge is 0.295 e. The Kier molecular flexibility index (Phi) is 3.63. The summed E-state index contributed by atoms with van der Waals surface area (Å²) in [5.41, 5.74) is 1.85. The minimum atomic E-state index is -0.232. The molecule has 1 aromatic rings. The molecule has 1 fully saturated rings. The maximum absolute atomic E-state index is 12.1. The molecule has 1 saturated heterocycles. The number of allylic oxidation sites excluding steroid dienone is 1. The molecule has 0 saturated carbocycles. The molecule has 92 valence electrons. The van der Waals surface area contributed by atoms with E-state index in [1.165, 1.54) is 17.9 Å². The lowest BCUT2D eigenvalue weighted by molar-refractivity contribution is -0.115. The Morgan fingerprint density at radius 3 is 2.50 bits per heavy atom. The molecule has 0 aliphatic carbocycles. The normalized spacial score (nSPS) is 17.7. The predicted molar refractivity (Wildman–Crippen MR) is 77.6 cm³/mol. The van der Waals surface area contributed by atoms with Crippen LogP contribution in [0.2, 0.25) is 0 Å². The zero-order valence-electron chi connectivity index (χ0n) is 9.97. The minimum absolute atomic E-state index is 0.153. The van der Waals surface area contributed by atoms with E-state index in [4.69, 9.17) is 12.2 Å². The van der Waals surface area contributed by atoms with Crippen LogP contribution in [0.4, 0.5) is 5.69 Å². The number of ketones is 1. The van der Waals surface area contributed by atoms with Gasteiger partial charge in [0.2, 0.25) is 0 Å². The molecular weight excluding hydrogens is 266 g/mol. The molecule has 1 aliphatic rings. The number of amides is 1. The van der Waals surface area contributed by atoms with E-state index < -0.39 is 0 Å². The standard InChI is InChI=1S/C13H11NO2S2/c1-8-3-5-10(6-4-8)14-12(16)11(7-9(2)15)18-13(14)17/h3-7H,1-2H3/b11-7+. The Bertz CT molecular complexity index is 561. The third kappa shape index (κ3) is 2.52. The highest BCUT2D eigenvalue weighted by molar-refractivity contribution is 8.27. The molecule has 3 nitrogen and oxygen atoms in total. The topological polar surface area (TPSA) is 37.4 Å². The number of hydrogen-bond donors (Lipinski definition) is 0.